The van der Waals surface area contributed by atoms with Gasteiger partial charge >= 0.3 is 0 Å². The summed E-state index contributed by atoms with van der Waals surface area (Å²) in [5, 5.41) is 9.63. The molecule has 1 heterocycles. The highest BCUT2D eigenvalue weighted by molar-refractivity contribution is 5.95. The number of benzene rings is 1. The van der Waals surface area contributed by atoms with Crippen LogP contribution in [0.1, 0.15) is 23.2 Å². The van der Waals surface area contributed by atoms with Crippen LogP contribution in [0, 0.1) is 0 Å². The first-order valence-electron chi connectivity index (χ1n) is 6.34. The van der Waals surface area contributed by atoms with Gasteiger partial charge in [-0.1, -0.05) is 0 Å². The van der Waals surface area contributed by atoms with Crippen LogP contribution in [0.2, 0.25) is 0 Å². The van der Waals surface area contributed by atoms with Crippen molar-refractivity contribution < 1.29 is 19.4 Å². The van der Waals surface area contributed by atoms with E-state index in [1.165, 1.54) is 0 Å². The van der Waals surface area contributed by atoms with Gasteiger partial charge in [0.05, 0.1) is 20.3 Å². The molecule has 19 heavy (non-hydrogen) atoms. The number of ether oxygens (including phenoxy) is 2. The monoisotopic (exact) mass is 265 g/mol. The molecule has 0 spiro atoms. The Hall–Kier alpha value is -1.75. The van der Waals surface area contributed by atoms with Gasteiger partial charge in [0.15, 0.2) is 0 Å². The number of nitrogens with zero attached hydrogens (tertiary/aromatic N) is 1. The van der Waals surface area contributed by atoms with Gasteiger partial charge in [0.1, 0.15) is 11.5 Å². The molecule has 104 valence electrons. The predicted molar refractivity (Wildman–Crippen MR) is 70.7 cm³/mol. The van der Waals surface area contributed by atoms with Crippen LogP contribution < -0.4 is 9.47 Å². The molecule has 1 aliphatic rings. The Labute approximate surface area is 112 Å². The van der Waals surface area contributed by atoms with E-state index >= 15 is 0 Å². The summed E-state index contributed by atoms with van der Waals surface area (Å²) in [7, 11) is 3.10. The van der Waals surface area contributed by atoms with Crippen molar-refractivity contribution in [1.82, 2.24) is 4.90 Å². The molecule has 1 atom stereocenters. The molecule has 2 rings (SSSR count). The molecule has 1 N–H and O–H groups in total. The Bertz CT molecular complexity index is 439. The van der Waals surface area contributed by atoms with Gasteiger partial charge in [-0.25, -0.2) is 0 Å². The van der Waals surface area contributed by atoms with Gasteiger partial charge in [-0.2, -0.15) is 0 Å². The molecule has 0 aromatic heterocycles. The second-order valence-electron chi connectivity index (χ2n) is 4.65. The third-order valence-corrected chi connectivity index (χ3v) is 3.28. The zero-order valence-corrected chi connectivity index (χ0v) is 11.3. The van der Waals surface area contributed by atoms with E-state index in [1.807, 2.05) is 0 Å². The van der Waals surface area contributed by atoms with Gasteiger partial charge in [-0.3, -0.25) is 4.79 Å². The van der Waals surface area contributed by atoms with Crippen molar-refractivity contribution in [1.29, 1.82) is 0 Å². The summed E-state index contributed by atoms with van der Waals surface area (Å²) in [5.41, 5.74) is 0.519. The van der Waals surface area contributed by atoms with Crippen molar-refractivity contribution in [2.24, 2.45) is 0 Å². The molecule has 1 saturated heterocycles. The topological polar surface area (TPSA) is 59.0 Å². The molecule has 5 heteroatoms. The van der Waals surface area contributed by atoms with E-state index in [0.29, 0.717) is 30.2 Å². The number of β-amino-alcohol motifs (C(OH)–C–C–N with tert-alkyl or cyclic N) is 1. The quantitative estimate of drug-likeness (QED) is 0.895. The van der Waals surface area contributed by atoms with Gasteiger partial charge < -0.3 is 19.5 Å². The van der Waals surface area contributed by atoms with Crippen LogP contribution in [0.25, 0.3) is 0 Å². The summed E-state index contributed by atoms with van der Waals surface area (Å²) in [4.78, 5) is 14.1. The minimum atomic E-state index is -0.426. The molecule has 1 unspecified atom stereocenters. The molecule has 5 nitrogen and oxygen atoms in total. The van der Waals surface area contributed by atoms with E-state index in [9.17, 15) is 9.90 Å². The number of carbonyl (C=O) groups is 1. The SMILES string of the molecule is COc1cc(OC)cc(C(=O)N2CCCC(O)C2)c1. The van der Waals surface area contributed by atoms with Crippen molar-refractivity contribution >= 4 is 5.91 Å². The maximum Gasteiger partial charge on any atom is 0.254 e. The van der Waals surface area contributed by atoms with Crippen LogP contribution >= 0.6 is 0 Å². The molecule has 0 radical (unpaired) electrons. The van der Waals surface area contributed by atoms with E-state index in [0.717, 1.165) is 12.8 Å². The lowest BCUT2D eigenvalue weighted by atomic mass is 10.1. The van der Waals surface area contributed by atoms with Crippen LogP contribution in [-0.4, -0.2) is 49.3 Å². The van der Waals surface area contributed by atoms with Crippen LogP contribution in [0.4, 0.5) is 0 Å². The van der Waals surface area contributed by atoms with E-state index < -0.39 is 6.10 Å². The molecule has 1 amide bonds. The first-order valence-corrected chi connectivity index (χ1v) is 6.34. The normalized spacial score (nSPS) is 19.1. The van der Waals surface area contributed by atoms with E-state index in [-0.39, 0.29) is 5.91 Å². The molecule has 1 aromatic carbocycles. The number of carbonyl (C=O) groups excluding carboxylic acids is 1. The van der Waals surface area contributed by atoms with Gasteiger partial charge in [-0.05, 0) is 25.0 Å². The number of amides is 1. The average molecular weight is 265 g/mol. The Balaban J connectivity index is 2.22. The Kier molecular flexibility index (Phi) is 4.27. The van der Waals surface area contributed by atoms with Crippen LogP contribution in [-0.2, 0) is 0 Å². The number of aliphatic hydroxyl groups is 1. The first-order chi connectivity index (χ1) is 9.13. The molecular weight excluding hydrogens is 246 g/mol. The van der Waals surface area contributed by atoms with Crippen molar-refractivity contribution in [3.8, 4) is 11.5 Å². The third-order valence-electron chi connectivity index (χ3n) is 3.28. The highest BCUT2D eigenvalue weighted by atomic mass is 16.5. The van der Waals surface area contributed by atoms with Gasteiger partial charge in [0, 0.05) is 24.7 Å². The Morgan fingerprint density at radius 2 is 1.89 bits per heavy atom. The molecule has 0 saturated carbocycles. The lowest BCUT2D eigenvalue weighted by molar-refractivity contribution is 0.0473. The number of aliphatic hydroxyl groups excluding tert-OH is 1. The summed E-state index contributed by atoms with van der Waals surface area (Å²) < 4.78 is 10.3. The number of rotatable bonds is 3. The minimum absolute atomic E-state index is 0.101. The maximum atomic E-state index is 12.4. The fourth-order valence-electron chi connectivity index (χ4n) is 2.25. The lowest BCUT2D eigenvalue weighted by Gasteiger charge is -2.30. The van der Waals surface area contributed by atoms with Gasteiger partial charge in [0.25, 0.3) is 5.91 Å². The summed E-state index contributed by atoms with van der Waals surface area (Å²) >= 11 is 0. The maximum absolute atomic E-state index is 12.4. The fourth-order valence-corrected chi connectivity index (χ4v) is 2.25. The number of hydrogen-bond acceptors (Lipinski definition) is 4. The predicted octanol–water partition coefficient (Wildman–Crippen LogP) is 1.30. The number of piperidine rings is 1. The number of hydrogen-bond donors (Lipinski definition) is 1. The zero-order valence-electron chi connectivity index (χ0n) is 11.3. The first kappa shape index (κ1) is 13.7. The molecule has 1 fully saturated rings. The highest BCUT2D eigenvalue weighted by Gasteiger charge is 2.23. The van der Waals surface area contributed by atoms with Crippen LogP contribution in [0.5, 0.6) is 11.5 Å². The fraction of sp³-hybridized carbons (Fsp3) is 0.500. The number of methoxy groups -OCH3 is 2. The van der Waals surface area contributed by atoms with Gasteiger partial charge in [0.2, 0.25) is 0 Å². The Morgan fingerprint density at radius 3 is 2.42 bits per heavy atom. The standard InChI is InChI=1S/C14H19NO4/c1-18-12-6-10(7-13(8-12)19-2)14(17)15-5-3-4-11(16)9-15/h6-8,11,16H,3-5,9H2,1-2H3. The van der Waals surface area contributed by atoms with Crippen molar-refractivity contribution in [2.75, 3.05) is 27.3 Å². The molecule has 1 aromatic rings. The molecule has 0 bridgehead atoms. The average Bonchev–Trinajstić information content (AvgIpc) is 2.45. The van der Waals surface area contributed by atoms with Crippen molar-refractivity contribution in [3.63, 3.8) is 0 Å². The summed E-state index contributed by atoms with van der Waals surface area (Å²) in [6, 6.07) is 5.10. The van der Waals surface area contributed by atoms with E-state index in [4.69, 9.17) is 9.47 Å². The summed E-state index contributed by atoms with van der Waals surface area (Å²) in [5.74, 6) is 1.07. The molecular formula is C14H19NO4. The van der Waals surface area contributed by atoms with Crippen LogP contribution in [0.15, 0.2) is 18.2 Å². The largest absolute Gasteiger partial charge is 0.497 e. The van der Waals surface area contributed by atoms with Gasteiger partial charge in [-0.15, -0.1) is 0 Å². The molecule has 0 aliphatic carbocycles. The van der Waals surface area contributed by atoms with Crippen molar-refractivity contribution in [2.45, 2.75) is 18.9 Å². The lowest BCUT2D eigenvalue weighted by Crippen LogP contribution is -2.42. The minimum Gasteiger partial charge on any atom is -0.497 e. The second kappa shape index (κ2) is 5.93. The third kappa shape index (κ3) is 3.17. The van der Waals surface area contributed by atoms with Crippen molar-refractivity contribution in [3.05, 3.63) is 23.8 Å². The highest BCUT2D eigenvalue weighted by Crippen LogP contribution is 2.24. The smallest absolute Gasteiger partial charge is 0.254 e. The van der Waals surface area contributed by atoms with E-state index in [2.05, 4.69) is 0 Å². The Morgan fingerprint density at radius 1 is 1.26 bits per heavy atom. The van der Waals surface area contributed by atoms with E-state index in [1.54, 1.807) is 37.3 Å². The second-order valence-corrected chi connectivity index (χ2v) is 4.65. The summed E-state index contributed by atoms with van der Waals surface area (Å²) in [6.07, 6.45) is 1.16. The molecule has 1 aliphatic heterocycles. The summed E-state index contributed by atoms with van der Waals surface area (Å²) in [6.45, 7) is 1.06. The van der Waals surface area contributed by atoms with Crippen LogP contribution in [0.3, 0.4) is 0 Å². The number of likely N-dealkylation sites (tertiary alicyclic amines) is 1. The zero-order chi connectivity index (χ0) is 13.8.